The van der Waals surface area contributed by atoms with Gasteiger partial charge in [-0.05, 0) is 13.5 Å². The third-order valence-corrected chi connectivity index (χ3v) is 3.96. The molecule has 0 aromatic rings. The molecular weight excluding hydrogens is 230 g/mol. The average molecular weight is 255 g/mol. The Hall–Kier alpha value is -0.650. The van der Waals surface area contributed by atoms with Gasteiger partial charge in [-0.25, -0.2) is 0 Å². The molecule has 0 aromatic heterocycles. The minimum atomic E-state index is 0.225. The van der Waals surface area contributed by atoms with Crippen LogP contribution in [0.1, 0.15) is 13.8 Å². The van der Waals surface area contributed by atoms with Gasteiger partial charge in [-0.3, -0.25) is 9.69 Å². The van der Waals surface area contributed by atoms with Gasteiger partial charge in [0.2, 0.25) is 5.91 Å². The van der Waals surface area contributed by atoms with Crippen molar-refractivity contribution in [2.45, 2.75) is 19.9 Å². The lowest BCUT2D eigenvalue weighted by Crippen LogP contribution is -2.53. The van der Waals surface area contributed by atoms with E-state index in [1.807, 2.05) is 4.90 Å². The Kier molecular flexibility index (Phi) is 4.97. The zero-order valence-electron chi connectivity index (χ0n) is 11.6. The molecule has 18 heavy (non-hydrogen) atoms. The molecule has 0 unspecified atom stereocenters. The van der Waals surface area contributed by atoms with Gasteiger partial charge in [0.25, 0.3) is 0 Å². The molecule has 2 saturated heterocycles. The minimum Gasteiger partial charge on any atom is -0.377 e. The molecule has 2 heterocycles. The third-order valence-electron chi connectivity index (χ3n) is 3.96. The molecular formula is C13H25N3O2. The molecule has 2 aliphatic heterocycles. The smallest absolute Gasteiger partial charge is 0.237 e. The van der Waals surface area contributed by atoms with Gasteiger partial charge < -0.3 is 14.5 Å². The second-order valence-electron chi connectivity index (χ2n) is 5.22. The number of morpholine rings is 1. The molecule has 2 aliphatic rings. The summed E-state index contributed by atoms with van der Waals surface area (Å²) >= 11 is 0. The van der Waals surface area contributed by atoms with Crippen LogP contribution < -0.4 is 0 Å². The van der Waals surface area contributed by atoms with Crippen molar-refractivity contribution in [3.63, 3.8) is 0 Å². The summed E-state index contributed by atoms with van der Waals surface area (Å²) in [4.78, 5) is 18.9. The van der Waals surface area contributed by atoms with Gasteiger partial charge in [-0.2, -0.15) is 0 Å². The van der Waals surface area contributed by atoms with E-state index in [1.165, 1.54) is 0 Å². The zero-order chi connectivity index (χ0) is 13.0. The van der Waals surface area contributed by atoms with Crippen molar-refractivity contribution in [3.05, 3.63) is 0 Å². The summed E-state index contributed by atoms with van der Waals surface area (Å²) < 4.78 is 5.37. The largest absolute Gasteiger partial charge is 0.377 e. The number of ether oxygens (including phenoxy) is 1. The van der Waals surface area contributed by atoms with Crippen LogP contribution >= 0.6 is 0 Å². The highest BCUT2D eigenvalue weighted by atomic mass is 16.5. The maximum absolute atomic E-state index is 12.2. The van der Waals surface area contributed by atoms with Crippen molar-refractivity contribution in [1.29, 1.82) is 0 Å². The Bertz CT molecular complexity index is 277. The van der Waals surface area contributed by atoms with Crippen LogP contribution in [0.4, 0.5) is 0 Å². The average Bonchev–Trinajstić information content (AvgIpc) is 2.40. The Morgan fingerprint density at radius 3 is 2.44 bits per heavy atom. The molecule has 0 bridgehead atoms. The van der Waals surface area contributed by atoms with Gasteiger partial charge in [-0.1, -0.05) is 6.92 Å². The molecule has 0 aliphatic carbocycles. The van der Waals surface area contributed by atoms with Crippen LogP contribution in [0.25, 0.3) is 0 Å². The zero-order valence-corrected chi connectivity index (χ0v) is 11.6. The Labute approximate surface area is 110 Å². The van der Waals surface area contributed by atoms with Crippen LogP contribution in [0.15, 0.2) is 0 Å². The van der Waals surface area contributed by atoms with Crippen molar-refractivity contribution in [2.24, 2.45) is 0 Å². The summed E-state index contributed by atoms with van der Waals surface area (Å²) in [6.07, 6.45) is 0. The topological polar surface area (TPSA) is 36.0 Å². The van der Waals surface area contributed by atoms with Gasteiger partial charge in [-0.15, -0.1) is 0 Å². The van der Waals surface area contributed by atoms with Crippen molar-refractivity contribution >= 4 is 5.91 Å². The fraction of sp³-hybridized carbons (Fsp3) is 0.923. The van der Waals surface area contributed by atoms with Gasteiger partial charge in [0, 0.05) is 32.7 Å². The predicted molar refractivity (Wildman–Crippen MR) is 70.5 cm³/mol. The van der Waals surface area contributed by atoms with E-state index in [1.54, 1.807) is 0 Å². The number of hydrogen-bond donors (Lipinski definition) is 0. The van der Waals surface area contributed by atoms with E-state index < -0.39 is 0 Å². The van der Waals surface area contributed by atoms with Crippen LogP contribution in [-0.2, 0) is 9.53 Å². The van der Waals surface area contributed by atoms with Crippen LogP contribution in [-0.4, -0.2) is 85.7 Å². The number of hydrogen-bond acceptors (Lipinski definition) is 4. The summed E-state index contributed by atoms with van der Waals surface area (Å²) in [6.45, 7) is 12.2. The van der Waals surface area contributed by atoms with Gasteiger partial charge in [0.05, 0.1) is 25.8 Å². The number of carbonyl (C=O) groups excluding carboxylic acids is 1. The lowest BCUT2D eigenvalue weighted by Gasteiger charge is -2.37. The second kappa shape index (κ2) is 6.50. The monoisotopic (exact) mass is 255 g/mol. The first-order valence-corrected chi connectivity index (χ1v) is 7.02. The SMILES string of the molecule is CCN1CCN(CC(=O)N2CCOC[C@H]2C)CC1. The first-order valence-electron chi connectivity index (χ1n) is 7.02. The number of piperazine rings is 1. The van der Waals surface area contributed by atoms with Crippen molar-refractivity contribution in [3.8, 4) is 0 Å². The predicted octanol–water partition coefficient (Wildman–Crippen LogP) is -0.129. The highest BCUT2D eigenvalue weighted by Gasteiger charge is 2.26. The van der Waals surface area contributed by atoms with E-state index in [-0.39, 0.29) is 11.9 Å². The second-order valence-corrected chi connectivity index (χ2v) is 5.22. The molecule has 0 radical (unpaired) electrons. The molecule has 5 nitrogen and oxygen atoms in total. The molecule has 2 fully saturated rings. The normalized spacial score (nSPS) is 27.4. The molecule has 5 heteroatoms. The van der Waals surface area contributed by atoms with Crippen LogP contribution in [0.2, 0.25) is 0 Å². The number of rotatable bonds is 3. The van der Waals surface area contributed by atoms with E-state index >= 15 is 0 Å². The van der Waals surface area contributed by atoms with E-state index in [0.29, 0.717) is 19.8 Å². The summed E-state index contributed by atoms with van der Waals surface area (Å²) in [5.74, 6) is 0.260. The maximum Gasteiger partial charge on any atom is 0.237 e. The van der Waals surface area contributed by atoms with Crippen molar-refractivity contribution in [2.75, 3.05) is 59.0 Å². The number of likely N-dealkylation sites (N-methyl/N-ethyl adjacent to an activating group) is 1. The van der Waals surface area contributed by atoms with Gasteiger partial charge in [0.1, 0.15) is 0 Å². The summed E-state index contributed by atoms with van der Waals surface area (Å²) in [7, 11) is 0. The molecule has 1 amide bonds. The van der Waals surface area contributed by atoms with Gasteiger partial charge >= 0.3 is 0 Å². The summed E-state index contributed by atoms with van der Waals surface area (Å²) in [6, 6.07) is 0.225. The minimum absolute atomic E-state index is 0.225. The molecule has 0 spiro atoms. The molecule has 0 saturated carbocycles. The van der Waals surface area contributed by atoms with E-state index in [4.69, 9.17) is 4.74 Å². The standard InChI is InChI=1S/C13H25N3O2/c1-3-14-4-6-15(7-5-14)10-13(17)16-8-9-18-11-12(16)2/h12H,3-11H2,1-2H3/t12-/m1/s1. The highest BCUT2D eigenvalue weighted by Crippen LogP contribution is 2.08. The van der Waals surface area contributed by atoms with Crippen LogP contribution in [0, 0.1) is 0 Å². The lowest BCUT2D eigenvalue weighted by molar-refractivity contribution is -0.140. The van der Waals surface area contributed by atoms with E-state index in [2.05, 4.69) is 23.6 Å². The molecule has 2 rings (SSSR count). The van der Waals surface area contributed by atoms with Crippen molar-refractivity contribution in [1.82, 2.24) is 14.7 Å². The fourth-order valence-electron chi connectivity index (χ4n) is 2.64. The summed E-state index contributed by atoms with van der Waals surface area (Å²) in [5.41, 5.74) is 0. The number of carbonyl (C=O) groups is 1. The Balaban J connectivity index is 1.77. The van der Waals surface area contributed by atoms with Crippen LogP contribution in [0.3, 0.4) is 0 Å². The van der Waals surface area contributed by atoms with Crippen LogP contribution in [0.5, 0.6) is 0 Å². The molecule has 104 valence electrons. The number of amides is 1. The molecule has 0 aromatic carbocycles. The fourth-order valence-corrected chi connectivity index (χ4v) is 2.64. The first-order chi connectivity index (χ1) is 8.70. The Morgan fingerprint density at radius 2 is 1.83 bits per heavy atom. The highest BCUT2D eigenvalue weighted by molar-refractivity contribution is 5.78. The third kappa shape index (κ3) is 3.43. The van der Waals surface area contributed by atoms with Crippen molar-refractivity contribution < 1.29 is 9.53 Å². The maximum atomic E-state index is 12.2. The quantitative estimate of drug-likeness (QED) is 0.704. The summed E-state index contributed by atoms with van der Waals surface area (Å²) in [5, 5.41) is 0. The lowest BCUT2D eigenvalue weighted by atomic mass is 10.2. The van der Waals surface area contributed by atoms with E-state index in [9.17, 15) is 4.79 Å². The van der Waals surface area contributed by atoms with E-state index in [0.717, 1.165) is 39.3 Å². The Morgan fingerprint density at radius 1 is 1.17 bits per heavy atom. The first kappa shape index (κ1) is 13.8. The van der Waals surface area contributed by atoms with Gasteiger partial charge in [0.15, 0.2) is 0 Å². The number of nitrogens with zero attached hydrogens (tertiary/aromatic N) is 3. The molecule has 0 N–H and O–H groups in total. The molecule has 1 atom stereocenters.